The average molecular weight is 420 g/mol. The normalized spacial score (nSPS) is 17.5. The fraction of sp³-hybridized carbons (Fsp3) is 0.423. The molecule has 0 saturated carbocycles. The summed E-state index contributed by atoms with van der Waals surface area (Å²) in [4.78, 5) is 7.19. The van der Waals surface area contributed by atoms with Gasteiger partial charge in [0.2, 0.25) is 0 Å². The summed E-state index contributed by atoms with van der Waals surface area (Å²) in [5.74, 6) is 1.51. The maximum absolute atomic E-state index is 15.0. The molecule has 0 amide bonds. The predicted octanol–water partition coefficient (Wildman–Crippen LogP) is 4.73. The highest BCUT2D eigenvalue weighted by Crippen LogP contribution is 2.26. The number of aliphatic imine (C=N–C) groups is 1. The number of aryl methyl sites for hydroxylation is 2. The maximum Gasteiger partial charge on any atom is 0.137 e. The molecule has 5 rings (SSSR count). The molecule has 0 bridgehead atoms. The first-order chi connectivity index (χ1) is 15.2. The molecule has 2 aromatic carbocycles. The zero-order chi connectivity index (χ0) is 21.2. The van der Waals surface area contributed by atoms with Crippen LogP contribution in [0.5, 0.6) is 0 Å². The Labute approximate surface area is 183 Å². The van der Waals surface area contributed by atoms with Crippen molar-refractivity contribution in [1.29, 1.82) is 0 Å². The Morgan fingerprint density at radius 2 is 2.03 bits per heavy atom. The van der Waals surface area contributed by atoms with Crippen LogP contribution in [0.3, 0.4) is 0 Å². The predicted molar refractivity (Wildman–Crippen MR) is 123 cm³/mol. The van der Waals surface area contributed by atoms with Crippen molar-refractivity contribution in [2.24, 2.45) is 10.9 Å². The number of benzene rings is 2. The molecule has 4 nitrogen and oxygen atoms in total. The smallest absolute Gasteiger partial charge is 0.137 e. The van der Waals surface area contributed by atoms with Gasteiger partial charge in [-0.2, -0.15) is 0 Å². The first kappa shape index (κ1) is 20.3. The third-order valence-corrected chi connectivity index (χ3v) is 6.64. The van der Waals surface area contributed by atoms with Crippen LogP contribution in [0, 0.1) is 18.7 Å². The SMILES string of the molecule is Cc1cc(CCc2c(F)cccc2C2=NCCN2CC2CCNCC2)c2occc2c1. The third kappa shape index (κ3) is 4.24. The number of hydrogen-bond donors (Lipinski definition) is 1. The van der Waals surface area contributed by atoms with Gasteiger partial charge in [-0.1, -0.05) is 18.2 Å². The number of halogens is 1. The third-order valence-electron chi connectivity index (χ3n) is 6.64. The average Bonchev–Trinajstić information content (AvgIpc) is 3.42. The van der Waals surface area contributed by atoms with Crippen LogP contribution >= 0.6 is 0 Å². The molecule has 0 unspecified atom stereocenters. The van der Waals surface area contributed by atoms with Crippen LogP contribution in [-0.2, 0) is 12.8 Å². The number of fused-ring (bicyclic) bond motifs is 1. The molecule has 1 N–H and O–H groups in total. The number of piperidine rings is 1. The monoisotopic (exact) mass is 419 g/mol. The number of nitrogens with zero attached hydrogens (tertiary/aromatic N) is 2. The molecule has 2 aliphatic heterocycles. The van der Waals surface area contributed by atoms with E-state index < -0.39 is 0 Å². The van der Waals surface area contributed by atoms with E-state index in [1.165, 1.54) is 18.4 Å². The lowest BCUT2D eigenvalue weighted by Crippen LogP contribution is -2.38. The fourth-order valence-corrected chi connectivity index (χ4v) is 5.08. The molecule has 0 spiro atoms. The van der Waals surface area contributed by atoms with Crippen LogP contribution in [0.25, 0.3) is 11.0 Å². The highest BCUT2D eigenvalue weighted by molar-refractivity contribution is 6.01. The van der Waals surface area contributed by atoms with Gasteiger partial charge in [0.05, 0.1) is 12.8 Å². The molecule has 0 atom stereocenters. The van der Waals surface area contributed by atoms with Crippen molar-refractivity contribution in [3.8, 4) is 0 Å². The van der Waals surface area contributed by atoms with Gasteiger partial charge in [0.15, 0.2) is 0 Å². The van der Waals surface area contributed by atoms with Gasteiger partial charge >= 0.3 is 0 Å². The zero-order valence-electron chi connectivity index (χ0n) is 18.2. The highest BCUT2D eigenvalue weighted by atomic mass is 19.1. The summed E-state index contributed by atoms with van der Waals surface area (Å²) >= 11 is 0. The van der Waals surface area contributed by atoms with E-state index in [1.807, 2.05) is 18.2 Å². The first-order valence-electron chi connectivity index (χ1n) is 11.4. The molecule has 2 aliphatic rings. The second kappa shape index (κ2) is 8.83. The summed E-state index contributed by atoms with van der Waals surface area (Å²) in [5.41, 5.74) is 4.96. The lowest BCUT2D eigenvalue weighted by atomic mass is 9.95. The molecular weight excluding hydrogens is 389 g/mol. The molecular formula is C26H30FN3O. The minimum absolute atomic E-state index is 0.141. The summed E-state index contributed by atoms with van der Waals surface area (Å²) in [6.07, 6.45) is 5.50. The van der Waals surface area contributed by atoms with E-state index in [2.05, 4.69) is 29.3 Å². The standard InChI is InChI=1S/C26H30FN3O/c1-18-15-20(25-21(16-18)9-14-31-25)5-6-22-23(3-2-4-24(22)27)26-29-12-13-30(26)17-19-7-10-28-11-8-19/h2-4,9,14-16,19,28H,5-8,10-13,17H2,1H3. The van der Waals surface area contributed by atoms with E-state index >= 15 is 4.39 Å². The van der Waals surface area contributed by atoms with Gasteiger partial charge in [-0.05, 0) is 86.5 Å². The van der Waals surface area contributed by atoms with Crippen molar-refractivity contribution < 1.29 is 8.81 Å². The van der Waals surface area contributed by atoms with E-state index in [0.717, 1.165) is 72.6 Å². The maximum atomic E-state index is 15.0. The number of amidine groups is 1. The quantitative estimate of drug-likeness (QED) is 0.628. The van der Waals surface area contributed by atoms with Crippen LogP contribution in [0.1, 0.15) is 35.1 Å². The van der Waals surface area contributed by atoms with E-state index in [9.17, 15) is 0 Å². The van der Waals surface area contributed by atoms with Crippen LogP contribution in [-0.4, -0.2) is 43.5 Å². The molecule has 31 heavy (non-hydrogen) atoms. The Morgan fingerprint density at radius 3 is 2.90 bits per heavy atom. The van der Waals surface area contributed by atoms with Crippen LogP contribution in [0.4, 0.5) is 4.39 Å². The lowest BCUT2D eigenvalue weighted by molar-refractivity contribution is 0.295. The number of rotatable bonds is 6. The number of hydrogen-bond acceptors (Lipinski definition) is 4. The number of nitrogens with one attached hydrogen (secondary N) is 1. The molecule has 0 aliphatic carbocycles. The first-order valence-corrected chi connectivity index (χ1v) is 11.4. The van der Waals surface area contributed by atoms with Gasteiger partial charge in [-0.25, -0.2) is 4.39 Å². The van der Waals surface area contributed by atoms with Crippen LogP contribution < -0.4 is 5.32 Å². The molecule has 5 heteroatoms. The van der Waals surface area contributed by atoms with E-state index in [-0.39, 0.29) is 5.82 Å². The molecule has 3 heterocycles. The van der Waals surface area contributed by atoms with Crippen molar-refractivity contribution in [2.75, 3.05) is 32.7 Å². The minimum Gasteiger partial charge on any atom is -0.464 e. The molecule has 1 fully saturated rings. The van der Waals surface area contributed by atoms with Gasteiger partial charge in [0.25, 0.3) is 0 Å². The molecule has 1 aromatic heterocycles. The van der Waals surface area contributed by atoms with Gasteiger partial charge in [-0.3, -0.25) is 4.99 Å². The van der Waals surface area contributed by atoms with Gasteiger partial charge in [0, 0.05) is 24.0 Å². The highest BCUT2D eigenvalue weighted by Gasteiger charge is 2.25. The van der Waals surface area contributed by atoms with Gasteiger partial charge in [-0.15, -0.1) is 0 Å². The number of furan rings is 1. The van der Waals surface area contributed by atoms with Crippen LogP contribution in [0.2, 0.25) is 0 Å². The Hall–Kier alpha value is -2.66. The summed E-state index contributed by atoms with van der Waals surface area (Å²) in [6, 6.07) is 11.7. The molecule has 162 valence electrons. The Balaban J connectivity index is 1.39. The summed E-state index contributed by atoms with van der Waals surface area (Å²) in [7, 11) is 0. The molecule has 0 radical (unpaired) electrons. The Bertz CT molecular complexity index is 1100. The molecule has 1 saturated heterocycles. The van der Waals surface area contributed by atoms with Crippen molar-refractivity contribution in [1.82, 2.24) is 10.2 Å². The van der Waals surface area contributed by atoms with E-state index in [0.29, 0.717) is 12.3 Å². The van der Waals surface area contributed by atoms with Gasteiger partial charge < -0.3 is 14.6 Å². The van der Waals surface area contributed by atoms with E-state index in [4.69, 9.17) is 9.41 Å². The van der Waals surface area contributed by atoms with Crippen molar-refractivity contribution in [3.63, 3.8) is 0 Å². The topological polar surface area (TPSA) is 40.8 Å². The second-order valence-corrected chi connectivity index (χ2v) is 8.87. The lowest BCUT2D eigenvalue weighted by Gasteiger charge is -2.30. The fourth-order valence-electron chi connectivity index (χ4n) is 5.08. The van der Waals surface area contributed by atoms with Crippen molar-refractivity contribution in [3.05, 3.63) is 70.7 Å². The summed E-state index contributed by atoms with van der Waals surface area (Å²) < 4.78 is 20.7. The van der Waals surface area contributed by atoms with Crippen LogP contribution in [0.15, 0.2) is 52.1 Å². The summed E-state index contributed by atoms with van der Waals surface area (Å²) in [6.45, 7) is 7.01. The Kier molecular flexibility index (Phi) is 5.77. The Morgan fingerprint density at radius 1 is 1.16 bits per heavy atom. The van der Waals surface area contributed by atoms with Crippen molar-refractivity contribution >= 4 is 16.8 Å². The minimum atomic E-state index is -0.141. The van der Waals surface area contributed by atoms with Gasteiger partial charge in [0.1, 0.15) is 17.2 Å². The zero-order valence-corrected chi connectivity index (χ0v) is 18.2. The summed E-state index contributed by atoms with van der Waals surface area (Å²) in [5, 5.41) is 4.55. The largest absolute Gasteiger partial charge is 0.464 e. The second-order valence-electron chi connectivity index (χ2n) is 8.87. The molecule has 3 aromatic rings. The van der Waals surface area contributed by atoms with E-state index in [1.54, 1.807) is 12.3 Å². The van der Waals surface area contributed by atoms with Crippen molar-refractivity contribution in [2.45, 2.75) is 32.6 Å².